The number of halogens is 2. The van der Waals surface area contributed by atoms with Crippen LogP contribution in [0.1, 0.15) is 27.2 Å². The molecule has 1 unspecified atom stereocenters. The first-order valence-electron chi connectivity index (χ1n) is 6.10. The predicted molar refractivity (Wildman–Crippen MR) is 66.4 cm³/mol. The van der Waals surface area contributed by atoms with E-state index in [4.69, 9.17) is 5.11 Å². The van der Waals surface area contributed by atoms with Crippen LogP contribution in [0, 0.1) is 5.41 Å². The van der Waals surface area contributed by atoms with Gasteiger partial charge in [-0.15, -0.1) is 0 Å². The normalized spacial score (nSPS) is 14.6. The molecule has 0 rings (SSSR count). The number of nitrogens with one attached hydrogen (secondary N) is 1. The van der Waals surface area contributed by atoms with E-state index in [1.54, 1.807) is 4.90 Å². The lowest BCUT2D eigenvalue weighted by molar-refractivity contribution is 0.0734. The molecule has 0 aromatic carbocycles. The summed E-state index contributed by atoms with van der Waals surface area (Å²) in [6, 6.07) is 0.279. The summed E-state index contributed by atoms with van der Waals surface area (Å²) in [7, 11) is 1.89. The second-order valence-electron chi connectivity index (χ2n) is 5.41. The molecule has 1 atom stereocenters. The number of rotatable bonds is 8. The van der Waals surface area contributed by atoms with Crippen LogP contribution in [0.3, 0.4) is 0 Å². The topological polar surface area (TPSA) is 35.5 Å². The summed E-state index contributed by atoms with van der Waals surface area (Å²) in [6.07, 6.45) is -1.54. The Kier molecular flexibility index (Phi) is 7.83. The molecule has 0 aliphatic rings. The predicted octanol–water partition coefficient (Wildman–Crippen LogP) is 1.57. The Morgan fingerprint density at radius 1 is 1.24 bits per heavy atom. The van der Waals surface area contributed by atoms with Crippen LogP contribution in [0.25, 0.3) is 0 Å². The van der Waals surface area contributed by atoms with Crippen LogP contribution >= 0.6 is 0 Å². The Hall–Kier alpha value is -0.260. The molecule has 0 aromatic heterocycles. The summed E-state index contributed by atoms with van der Waals surface area (Å²) in [5.74, 6) is 0. The molecule has 17 heavy (non-hydrogen) atoms. The van der Waals surface area contributed by atoms with Crippen molar-refractivity contribution >= 4 is 0 Å². The average molecular weight is 252 g/mol. The van der Waals surface area contributed by atoms with Crippen LogP contribution in [0.4, 0.5) is 8.78 Å². The van der Waals surface area contributed by atoms with Gasteiger partial charge < -0.3 is 10.4 Å². The largest absolute Gasteiger partial charge is 0.395 e. The second-order valence-corrected chi connectivity index (χ2v) is 5.41. The van der Waals surface area contributed by atoms with Crippen molar-refractivity contribution in [2.45, 2.75) is 39.7 Å². The molecule has 0 aromatic rings. The third kappa shape index (κ3) is 7.63. The van der Waals surface area contributed by atoms with Gasteiger partial charge in [0.15, 0.2) is 0 Å². The molecule has 0 bridgehead atoms. The fourth-order valence-electron chi connectivity index (χ4n) is 1.95. The van der Waals surface area contributed by atoms with Gasteiger partial charge in [-0.05, 0) is 25.4 Å². The summed E-state index contributed by atoms with van der Waals surface area (Å²) >= 11 is 0. The smallest absolute Gasteiger partial charge is 0.251 e. The molecule has 104 valence electrons. The van der Waals surface area contributed by atoms with Crippen LogP contribution < -0.4 is 5.32 Å². The number of alkyl halides is 2. The van der Waals surface area contributed by atoms with Crippen molar-refractivity contribution in [1.82, 2.24) is 10.2 Å². The molecule has 0 spiro atoms. The zero-order valence-electron chi connectivity index (χ0n) is 11.3. The summed E-state index contributed by atoms with van der Waals surface area (Å²) in [5.41, 5.74) is 0.102. The van der Waals surface area contributed by atoms with Gasteiger partial charge in [0.1, 0.15) is 0 Å². The van der Waals surface area contributed by atoms with Crippen LogP contribution in [-0.2, 0) is 0 Å². The molecule has 0 saturated heterocycles. The van der Waals surface area contributed by atoms with E-state index in [2.05, 4.69) is 26.1 Å². The Morgan fingerprint density at radius 3 is 2.18 bits per heavy atom. The summed E-state index contributed by atoms with van der Waals surface area (Å²) in [6.45, 7) is 6.92. The minimum atomic E-state index is -2.34. The Balaban J connectivity index is 4.17. The van der Waals surface area contributed by atoms with Crippen molar-refractivity contribution in [3.63, 3.8) is 0 Å². The van der Waals surface area contributed by atoms with Gasteiger partial charge in [-0.25, -0.2) is 8.78 Å². The Labute approximate surface area is 103 Å². The van der Waals surface area contributed by atoms with Crippen LogP contribution in [0.5, 0.6) is 0 Å². The van der Waals surface area contributed by atoms with E-state index in [1.165, 1.54) is 0 Å². The minimum Gasteiger partial charge on any atom is -0.395 e. The highest BCUT2D eigenvalue weighted by Crippen LogP contribution is 2.21. The maximum Gasteiger partial charge on any atom is 0.251 e. The number of nitrogens with zero attached hydrogens (tertiary/aromatic N) is 1. The van der Waals surface area contributed by atoms with E-state index in [-0.39, 0.29) is 24.6 Å². The lowest BCUT2D eigenvalue weighted by atomic mass is 9.85. The lowest BCUT2D eigenvalue weighted by Gasteiger charge is -2.32. The van der Waals surface area contributed by atoms with E-state index < -0.39 is 6.43 Å². The molecule has 0 fully saturated rings. The van der Waals surface area contributed by atoms with Crippen molar-refractivity contribution < 1.29 is 13.9 Å². The highest BCUT2D eigenvalue weighted by Gasteiger charge is 2.23. The zero-order valence-corrected chi connectivity index (χ0v) is 11.3. The highest BCUT2D eigenvalue weighted by atomic mass is 19.3. The van der Waals surface area contributed by atoms with E-state index in [9.17, 15) is 8.78 Å². The molecule has 0 saturated carbocycles. The first kappa shape index (κ1) is 16.7. The SMILES string of the molecule is CNC(CCN(CCO)CC(F)F)C(C)(C)C. The monoisotopic (exact) mass is 252 g/mol. The summed E-state index contributed by atoms with van der Waals surface area (Å²) < 4.78 is 24.6. The lowest BCUT2D eigenvalue weighted by Crippen LogP contribution is -2.42. The van der Waals surface area contributed by atoms with Gasteiger partial charge in [-0.2, -0.15) is 0 Å². The Bertz CT molecular complexity index is 195. The number of hydrogen-bond acceptors (Lipinski definition) is 3. The molecule has 0 amide bonds. The quantitative estimate of drug-likeness (QED) is 0.688. The number of aliphatic hydroxyl groups is 1. The summed E-state index contributed by atoms with van der Waals surface area (Å²) in [5, 5.41) is 12.0. The average Bonchev–Trinajstić information content (AvgIpc) is 2.15. The fraction of sp³-hybridized carbons (Fsp3) is 1.00. The summed E-state index contributed by atoms with van der Waals surface area (Å²) in [4.78, 5) is 1.61. The molecule has 0 heterocycles. The molecule has 5 heteroatoms. The van der Waals surface area contributed by atoms with Gasteiger partial charge in [-0.1, -0.05) is 20.8 Å². The van der Waals surface area contributed by atoms with Gasteiger partial charge in [0, 0.05) is 12.6 Å². The number of aliphatic hydroxyl groups excluding tert-OH is 1. The van der Waals surface area contributed by atoms with E-state index in [0.29, 0.717) is 13.1 Å². The van der Waals surface area contributed by atoms with Crippen molar-refractivity contribution in [3.8, 4) is 0 Å². The van der Waals surface area contributed by atoms with Crippen molar-refractivity contribution in [2.24, 2.45) is 5.41 Å². The van der Waals surface area contributed by atoms with E-state index in [1.807, 2.05) is 7.05 Å². The Morgan fingerprint density at radius 2 is 1.82 bits per heavy atom. The highest BCUT2D eigenvalue weighted by molar-refractivity contribution is 4.80. The first-order chi connectivity index (χ1) is 7.81. The van der Waals surface area contributed by atoms with Crippen molar-refractivity contribution in [1.29, 1.82) is 0 Å². The molecular weight excluding hydrogens is 226 g/mol. The fourth-order valence-corrected chi connectivity index (χ4v) is 1.95. The van der Waals surface area contributed by atoms with Gasteiger partial charge in [0.05, 0.1) is 13.2 Å². The van der Waals surface area contributed by atoms with Gasteiger partial charge in [0.25, 0.3) is 6.43 Å². The maximum absolute atomic E-state index is 12.3. The third-order valence-electron chi connectivity index (χ3n) is 2.94. The van der Waals surface area contributed by atoms with E-state index in [0.717, 1.165) is 6.42 Å². The van der Waals surface area contributed by atoms with Gasteiger partial charge >= 0.3 is 0 Å². The first-order valence-corrected chi connectivity index (χ1v) is 6.10. The standard InChI is InChI=1S/C12H26F2N2O/c1-12(2,3)10(15-4)5-6-16(7-8-17)9-11(13)14/h10-11,15,17H,5-9H2,1-4H3. The molecule has 0 aliphatic heterocycles. The van der Waals surface area contributed by atoms with Crippen LogP contribution in [0.15, 0.2) is 0 Å². The number of hydrogen-bond donors (Lipinski definition) is 2. The van der Waals surface area contributed by atoms with Crippen molar-refractivity contribution in [2.75, 3.05) is 33.3 Å². The van der Waals surface area contributed by atoms with Gasteiger partial charge in [0.2, 0.25) is 0 Å². The maximum atomic E-state index is 12.3. The second kappa shape index (κ2) is 7.95. The zero-order chi connectivity index (χ0) is 13.5. The van der Waals surface area contributed by atoms with E-state index >= 15 is 0 Å². The molecule has 3 nitrogen and oxygen atoms in total. The molecular formula is C12H26F2N2O. The minimum absolute atomic E-state index is 0.0769. The third-order valence-corrected chi connectivity index (χ3v) is 2.94. The molecule has 0 radical (unpaired) electrons. The van der Waals surface area contributed by atoms with Crippen molar-refractivity contribution in [3.05, 3.63) is 0 Å². The van der Waals surface area contributed by atoms with Crippen LogP contribution in [0.2, 0.25) is 0 Å². The molecule has 0 aliphatic carbocycles. The molecule has 2 N–H and O–H groups in total. The van der Waals surface area contributed by atoms with Gasteiger partial charge in [-0.3, -0.25) is 4.90 Å². The van der Waals surface area contributed by atoms with Crippen LogP contribution in [-0.4, -0.2) is 55.8 Å².